The summed E-state index contributed by atoms with van der Waals surface area (Å²) in [5, 5.41) is 25.4. The van der Waals surface area contributed by atoms with Gasteiger partial charge in [-0.3, -0.25) is 14.9 Å². The molecule has 0 saturated heterocycles. The van der Waals surface area contributed by atoms with Gasteiger partial charge in [0, 0.05) is 23.0 Å². The van der Waals surface area contributed by atoms with Crippen molar-refractivity contribution in [3.8, 4) is 28.2 Å². The third-order valence-electron chi connectivity index (χ3n) is 5.26. The number of rotatable bonds is 4. The van der Waals surface area contributed by atoms with Crippen molar-refractivity contribution < 1.29 is 14.8 Å². The number of nitro benzene ring substituents is 1. The van der Waals surface area contributed by atoms with Crippen LogP contribution in [0.2, 0.25) is 0 Å². The fraction of sp³-hybridized carbons (Fsp3) is 0. The summed E-state index contributed by atoms with van der Waals surface area (Å²) in [6.07, 6.45) is 0. The molecule has 32 heavy (non-hydrogen) atoms. The van der Waals surface area contributed by atoms with Gasteiger partial charge in [-0.15, -0.1) is 0 Å². The number of non-ortho nitro benzene ring substituents is 1. The Hall–Kier alpha value is -4.79. The number of carbonyl (C=O) groups is 1. The minimum Gasteiger partial charge on any atom is -0.478 e. The lowest BCUT2D eigenvalue weighted by Crippen LogP contribution is -2.15. The number of aromatic carboxylic acids is 1. The van der Waals surface area contributed by atoms with Gasteiger partial charge in [-0.25, -0.2) is 4.79 Å². The Balaban J connectivity index is 1.78. The molecule has 9 nitrogen and oxygen atoms in total. The number of benzene rings is 3. The highest BCUT2D eigenvalue weighted by molar-refractivity contribution is 5.99. The van der Waals surface area contributed by atoms with E-state index in [1.165, 1.54) is 41.1 Å². The van der Waals surface area contributed by atoms with Crippen LogP contribution < -0.4 is 5.56 Å². The molecule has 0 atom stereocenters. The predicted molar refractivity (Wildman–Crippen MR) is 117 cm³/mol. The number of hydrogen-bond donors (Lipinski definition) is 2. The molecule has 0 radical (unpaired) electrons. The van der Waals surface area contributed by atoms with Crippen LogP contribution in [-0.4, -0.2) is 30.8 Å². The summed E-state index contributed by atoms with van der Waals surface area (Å²) >= 11 is 0. The van der Waals surface area contributed by atoms with E-state index in [9.17, 15) is 19.7 Å². The predicted octanol–water partition coefficient (Wildman–Crippen LogP) is 4.09. The number of hydrogen-bond acceptors (Lipinski definition) is 5. The Bertz CT molecular complexity index is 1530. The van der Waals surface area contributed by atoms with Crippen LogP contribution in [0.4, 0.5) is 5.69 Å². The second-order valence-corrected chi connectivity index (χ2v) is 7.14. The molecular formula is C23H14N4O5. The molecule has 2 N–H and O–H groups in total. The van der Waals surface area contributed by atoms with Crippen LogP contribution in [0.5, 0.6) is 0 Å². The summed E-state index contributed by atoms with van der Waals surface area (Å²) in [5.41, 5.74) is 2.73. The molecule has 2 heterocycles. The molecule has 0 spiro atoms. The van der Waals surface area contributed by atoms with Crippen molar-refractivity contribution >= 4 is 22.6 Å². The molecule has 5 rings (SSSR count). The van der Waals surface area contributed by atoms with E-state index in [1.807, 2.05) is 24.3 Å². The monoisotopic (exact) mass is 426 g/mol. The molecule has 0 aliphatic carbocycles. The zero-order chi connectivity index (χ0) is 22.4. The fourth-order valence-corrected chi connectivity index (χ4v) is 3.70. The average molecular weight is 426 g/mol. The van der Waals surface area contributed by atoms with Gasteiger partial charge in [0.15, 0.2) is 0 Å². The Morgan fingerprint density at radius 1 is 1.00 bits per heavy atom. The Morgan fingerprint density at radius 2 is 1.69 bits per heavy atom. The standard InChI is InChI=1S/C23H14N4O5/c28-22-19-20(13-5-11-16(12-6-13)27(31)32)24-18-4-2-1-3-17(18)21(19)25-26(22)15-9-7-14(8-10-15)23(29)30/h1-12,24H,(H,29,30). The van der Waals surface area contributed by atoms with Gasteiger partial charge in [-0.1, -0.05) is 18.2 Å². The molecule has 156 valence electrons. The maximum Gasteiger partial charge on any atom is 0.335 e. The topological polar surface area (TPSA) is 131 Å². The van der Waals surface area contributed by atoms with E-state index in [1.54, 1.807) is 12.1 Å². The smallest absolute Gasteiger partial charge is 0.335 e. The largest absolute Gasteiger partial charge is 0.478 e. The summed E-state index contributed by atoms with van der Waals surface area (Å²) in [5.74, 6) is -1.06. The molecular weight excluding hydrogens is 412 g/mol. The molecule has 0 aromatic heterocycles. The number of aromatic nitrogens is 3. The number of H-pyrrole nitrogens is 1. The van der Waals surface area contributed by atoms with Crippen LogP contribution in [0.15, 0.2) is 77.6 Å². The lowest BCUT2D eigenvalue weighted by molar-refractivity contribution is -0.384. The number of nitrogens with zero attached hydrogens (tertiary/aromatic N) is 3. The molecule has 9 heteroatoms. The highest BCUT2D eigenvalue weighted by Gasteiger charge is 2.24. The van der Waals surface area contributed by atoms with Gasteiger partial charge in [0.2, 0.25) is 0 Å². The van der Waals surface area contributed by atoms with Crippen molar-refractivity contribution in [2.24, 2.45) is 0 Å². The van der Waals surface area contributed by atoms with Crippen LogP contribution in [0.25, 0.3) is 39.1 Å². The lowest BCUT2D eigenvalue weighted by atomic mass is 10.00. The van der Waals surface area contributed by atoms with E-state index in [0.29, 0.717) is 28.2 Å². The maximum absolute atomic E-state index is 13.4. The molecule has 0 unspecified atom stereocenters. The van der Waals surface area contributed by atoms with Crippen molar-refractivity contribution in [2.75, 3.05) is 0 Å². The maximum atomic E-state index is 13.4. The van der Waals surface area contributed by atoms with Gasteiger partial charge in [0.1, 0.15) is 5.69 Å². The zero-order valence-electron chi connectivity index (χ0n) is 16.4. The molecule has 0 bridgehead atoms. The molecule has 0 fully saturated rings. The highest BCUT2D eigenvalue weighted by atomic mass is 16.6. The number of aromatic amines is 1. The SMILES string of the molecule is O=C(O)c1ccc(-n2nc3c4ccccc4[nH]c(-c4ccc([N+](=O)[O-])cc4)c-3c2=O)cc1. The molecule has 2 aliphatic heterocycles. The Kier molecular flexibility index (Phi) is 4.30. The van der Waals surface area contributed by atoms with Gasteiger partial charge in [-0.05, 0) is 48.0 Å². The van der Waals surface area contributed by atoms with Crippen molar-refractivity contribution in [3.63, 3.8) is 0 Å². The lowest BCUT2D eigenvalue weighted by Gasteiger charge is -2.10. The molecule has 3 aromatic carbocycles. The minimum absolute atomic E-state index is 0.0534. The van der Waals surface area contributed by atoms with Crippen molar-refractivity contribution in [2.45, 2.75) is 0 Å². The molecule has 3 aromatic rings. The third kappa shape index (κ3) is 3.00. The van der Waals surface area contributed by atoms with Crippen LogP contribution in [0.1, 0.15) is 10.4 Å². The number of carboxylic acid groups (broad SMARTS) is 1. The third-order valence-corrected chi connectivity index (χ3v) is 5.26. The van der Waals surface area contributed by atoms with Crippen molar-refractivity contribution in [1.29, 1.82) is 0 Å². The van der Waals surface area contributed by atoms with E-state index >= 15 is 0 Å². The van der Waals surface area contributed by atoms with E-state index < -0.39 is 16.5 Å². The summed E-state index contributed by atoms with van der Waals surface area (Å²) in [6, 6.07) is 19.2. The van der Waals surface area contributed by atoms with E-state index in [2.05, 4.69) is 10.1 Å². The van der Waals surface area contributed by atoms with Gasteiger partial charge < -0.3 is 10.1 Å². The number of carboxylic acids is 1. The number of fused-ring (bicyclic) bond motifs is 3. The number of nitro groups is 1. The number of nitrogens with one attached hydrogen (secondary N) is 1. The first-order valence-corrected chi connectivity index (χ1v) is 9.56. The first-order valence-electron chi connectivity index (χ1n) is 9.56. The van der Waals surface area contributed by atoms with Gasteiger partial charge >= 0.3 is 5.97 Å². The zero-order valence-corrected chi connectivity index (χ0v) is 16.4. The summed E-state index contributed by atoms with van der Waals surface area (Å²) in [7, 11) is 0. The van der Waals surface area contributed by atoms with Gasteiger partial charge in [0.05, 0.1) is 27.4 Å². The van der Waals surface area contributed by atoms with E-state index in [0.717, 1.165) is 10.9 Å². The summed E-state index contributed by atoms with van der Waals surface area (Å²) in [4.78, 5) is 38.3. The summed E-state index contributed by atoms with van der Waals surface area (Å²) in [6.45, 7) is 0. The molecule has 0 saturated carbocycles. The first-order chi connectivity index (χ1) is 15.4. The van der Waals surface area contributed by atoms with Crippen LogP contribution in [0, 0.1) is 10.1 Å². The fourth-order valence-electron chi connectivity index (χ4n) is 3.70. The Labute approximate surface area is 179 Å². The van der Waals surface area contributed by atoms with Crippen LogP contribution in [-0.2, 0) is 0 Å². The normalized spacial score (nSPS) is 11.1. The quantitative estimate of drug-likeness (QED) is 0.329. The second-order valence-electron chi connectivity index (χ2n) is 7.14. The van der Waals surface area contributed by atoms with E-state index in [4.69, 9.17) is 5.11 Å². The van der Waals surface area contributed by atoms with Crippen molar-refractivity contribution in [1.82, 2.24) is 14.8 Å². The average Bonchev–Trinajstić information content (AvgIpc) is 3.16. The number of pyridine rings is 1. The van der Waals surface area contributed by atoms with Crippen molar-refractivity contribution in [3.05, 3.63) is 98.8 Å². The van der Waals surface area contributed by atoms with Gasteiger partial charge in [-0.2, -0.15) is 9.78 Å². The second kappa shape index (κ2) is 7.17. The highest BCUT2D eigenvalue weighted by Crippen LogP contribution is 2.35. The molecule has 2 aliphatic rings. The summed E-state index contributed by atoms with van der Waals surface area (Å²) < 4.78 is 1.23. The van der Waals surface area contributed by atoms with Gasteiger partial charge in [0.25, 0.3) is 11.2 Å². The first kappa shape index (κ1) is 19.2. The number of para-hydroxylation sites is 1. The molecule has 0 amide bonds. The van der Waals surface area contributed by atoms with Crippen LogP contribution >= 0.6 is 0 Å². The Morgan fingerprint density at radius 3 is 2.34 bits per heavy atom. The van der Waals surface area contributed by atoms with Crippen LogP contribution in [0.3, 0.4) is 0 Å². The van der Waals surface area contributed by atoms with E-state index in [-0.39, 0.29) is 11.3 Å². The minimum atomic E-state index is -1.06.